The van der Waals surface area contributed by atoms with E-state index in [2.05, 4.69) is 46.4 Å². The van der Waals surface area contributed by atoms with Crippen molar-refractivity contribution in [3.8, 4) is 0 Å². The molecule has 0 saturated heterocycles. The second-order valence-corrected chi connectivity index (χ2v) is 4.04. The van der Waals surface area contributed by atoms with Gasteiger partial charge >= 0.3 is 0 Å². The second kappa shape index (κ2) is 3.27. The van der Waals surface area contributed by atoms with Crippen LogP contribution < -0.4 is 0 Å². The van der Waals surface area contributed by atoms with E-state index in [0.717, 1.165) is 22.4 Å². The first-order valence-corrected chi connectivity index (χ1v) is 5.38. The highest BCUT2D eigenvalue weighted by molar-refractivity contribution is 6.05. The minimum atomic E-state index is 0.835. The first kappa shape index (κ1) is 9.28. The minimum Gasteiger partial charge on any atom is -0.238 e. The van der Waals surface area contributed by atoms with Crippen LogP contribution in [0.2, 0.25) is 0 Å². The Morgan fingerprint density at radius 2 is 1.62 bits per heavy atom. The van der Waals surface area contributed by atoms with E-state index < -0.39 is 0 Å². The maximum atomic E-state index is 4.55. The van der Waals surface area contributed by atoms with Gasteiger partial charge in [0.15, 0.2) is 0 Å². The van der Waals surface area contributed by atoms with E-state index in [1.807, 2.05) is 13.8 Å². The predicted molar refractivity (Wildman–Crippen MR) is 66.5 cm³/mol. The summed E-state index contributed by atoms with van der Waals surface area (Å²) in [5.41, 5.74) is 2.11. The van der Waals surface area contributed by atoms with Crippen LogP contribution >= 0.6 is 0 Å². The molecule has 0 saturated carbocycles. The molecule has 0 radical (unpaired) electrons. The Kier molecular flexibility index (Phi) is 1.90. The van der Waals surface area contributed by atoms with Gasteiger partial charge in [-0.15, -0.1) is 0 Å². The third kappa shape index (κ3) is 1.27. The van der Waals surface area contributed by atoms with Crippen LogP contribution in [0.3, 0.4) is 0 Å². The van der Waals surface area contributed by atoms with Crippen molar-refractivity contribution in [2.45, 2.75) is 13.8 Å². The Labute approximate surface area is 94.0 Å². The third-order valence-corrected chi connectivity index (χ3v) is 2.89. The van der Waals surface area contributed by atoms with Crippen molar-refractivity contribution in [2.75, 3.05) is 0 Å². The van der Waals surface area contributed by atoms with Gasteiger partial charge in [-0.2, -0.15) is 0 Å². The van der Waals surface area contributed by atoms with Gasteiger partial charge in [0.2, 0.25) is 0 Å². The van der Waals surface area contributed by atoms with Gasteiger partial charge in [0.1, 0.15) is 5.82 Å². The molecule has 0 aliphatic heterocycles. The van der Waals surface area contributed by atoms with Crippen LogP contribution in [0.4, 0.5) is 0 Å². The monoisotopic (exact) mass is 208 g/mol. The lowest BCUT2D eigenvalue weighted by atomic mass is 10.1. The van der Waals surface area contributed by atoms with E-state index in [4.69, 9.17) is 0 Å². The smallest absolute Gasteiger partial charge is 0.126 e. The second-order valence-electron chi connectivity index (χ2n) is 4.04. The van der Waals surface area contributed by atoms with Gasteiger partial charge in [-0.1, -0.05) is 36.4 Å². The number of hydrogen-bond acceptors (Lipinski definition) is 2. The fraction of sp³-hybridized carbons (Fsp3) is 0.143. The van der Waals surface area contributed by atoms with Crippen molar-refractivity contribution >= 4 is 21.7 Å². The molecule has 2 aromatic carbocycles. The van der Waals surface area contributed by atoms with E-state index in [-0.39, 0.29) is 0 Å². The van der Waals surface area contributed by atoms with Crippen molar-refractivity contribution in [1.29, 1.82) is 0 Å². The molecule has 1 aromatic heterocycles. The summed E-state index contributed by atoms with van der Waals surface area (Å²) < 4.78 is 0. The van der Waals surface area contributed by atoms with E-state index in [0.29, 0.717) is 0 Å². The summed E-state index contributed by atoms with van der Waals surface area (Å²) in [7, 11) is 0. The normalized spacial score (nSPS) is 11.1. The summed E-state index contributed by atoms with van der Waals surface area (Å²) in [6.07, 6.45) is 0. The molecule has 3 rings (SSSR count). The zero-order valence-corrected chi connectivity index (χ0v) is 9.36. The zero-order valence-electron chi connectivity index (χ0n) is 9.36. The van der Waals surface area contributed by atoms with Gasteiger partial charge < -0.3 is 0 Å². The van der Waals surface area contributed by atoms with Crippen molar-refractivity contribution in [2.24, 2.45) is 0 Å². The number of rotatable bonds is 0. The molecule has 0 unspecified atom stereocenters. The number of hydrogen-bond donors (Lipinski definition) is 0. The van der Waals surface area contributed by atoms with Gasteiger partial charge in [0.25, 0.3) is 0 Å². The standard InChI is InChI=1S/C14H12N2/c1-9-12-8-7-11-5-3-4-6-13(11)14(12)16-10(2)15-9/h3-8H,1-2H3. The fourth-order valence-corrected chi connectivity index (χ4v) is 2.16. The van der Waals surface area contributed by atoms with Gasteiger partial charge in [0.05, 0.1) is 5.52 Å². The third-order valence-electron chi connectivity index (χ3n) is 2.89. The number of aromatic nitrogens is 2. The van der Waals surface area contributed by atoms with Crippen LogP contribution in [0.15, 0.2) is 36.4 Å². The van der Waals surface area contributed by atoms with Crippen molar-refractivity contribution in [3.05, 3.63) is 47.9 Å². The first-order valence-electron chi connectivity index (χ1n) is 5.38. The topological polar surface area (TPSA) is 25.8 Å². The lowest BCUT2D eigenvalue weighted by Crippen LogP contribution is -1.93. The molecule has 2 heteroatoms. The molecule has 0 aliphatic carbocycles. The van der Waals surface area contributed by atoms with Crippen LogP contribution in [0.1, 0.15) is 11.5 Å². The maximum absolute atomic E-state index is 4.55. The molecule has 16 heavy (non-hydrogen) atoms. The average Bonchev–Trinajstić information content (AvgIpc) is 2.28. The van der Waals surface area contributed by atoms with E-state index in [1.165, 1.54) is 10.8 Å². The van der Waals surface area contributed by atoms with E-state index in [1.54, 1.807) is 0 Å². The average molecular weight is 208 g/mol. The molecule has 2 nitrogen and oxygen atoms in total. The highest BCUT2D eigenvalue weighted by atomic mass is 14.9. The summed E-state index contributed by atoms with van der Waals surface area (Å²) in [6.45, 7) is 3.97. The molecule has 3 aromatic rings. The summed E-state index contributed by atoms with van der Waals surface area (Å²) in [6, 6.07) is 12.6. The Bertz CT molecular complexity index is 687. The van der Waals surface area contributed by atoms with Gasteiger partial charge in [-0.25, -0.2) is 9.97 Å². The molecular weight excluding hydrogens is 196 g/mol. The Morgan fingerprint density at radius 1 is 0.812 bits per heavy atom. The van der Waals surface area contributed by atoms with Crippen LogP contribution in [0, 0.1) is 13.8 Å². The Balaban J connectivity index is 2.59. The summed E-state index contributed by atoms with van der Waals surface area (Å²) in [4.78, 5) is 8.95. The minimum absolute atomic E-state index is 0.835. The summed E-state index contributed by atoms with van der Waals surface area (Å²) in [5.74, 6) is 0.835. The zero-order chi connectivity index (χ0) is 11.1. The molecule has 0 fully saturated rings. The van der Waals surface area contributed by atoms with Crippen LogP contribution in [0.25, 0.3) is 21.7 Å². The number of fused-ring (bicyclic) bond motifs is 3. The maximum Gasteiger partial charge on any atom is 0.126 e. The van der Waals surface area contributed by atoms with E-state index >= 15 is 0 Å². The first-order chi connectivity index (χ1) is 7.75. The molecule has 0 amide bonds. The van der Waals surface area contributed by atoms with Crippen molar-refractivity contribution in [3.63, 3.8) is 0 Å². The molecule has 0 N–H and O–H groups in total. The van der Waals surface area contributed by atoms with E-state index in [9.17, 15) is 0 Å². The van der Waals surface area contributed by atoms with Crippen LogP contribution in [0.5, 0.6) is 0 Å². The van der Waals surface area contributed by atoms with Gasteiger partial charge in [0, 0.05) is 16.5 Å². The molecule has 0 spiro atoms. The molecule has 1 heterocycles. The Morgan fingerprint density at radius 3 is 2.50 bits per heavy atom. The molecule has 0 atom stereocenters. The van der Waals surface area contributed by atoms with Crippen LogP contribution in [-0.2, 0) is 0 Å². The molecular formula is C14H12N2. The largest absolute Gasteiger partial charge is 0.238 e. The summed E-state index contributed by atoms with van der Waals surface area (Å²) in [5, 5.41) is 3.57. The molecule has 78 valence electrons. The highest BCUT2D eigenvalue weighted by Gasteiger charge is 2.05. The number of aryl methyl sites for hydroxylation is 2. The quantitative estimate of drug-likeness (QED) is 0.529. The number of nitrogens with zero attached hydrogens (tertiary/aromatic N) is 2. The van der Waals surface area contributed by atoms with Crippen LogP contribution in [-0.4, -0.2) is 9.97 Å². The highest BCUT2D eigenvalue weighted by Crippen LogP contribution is 2.24. The SMILES string of the molecule is Cc1nc(C)c2ccc3ccccc3c2n1. The Hall–Kier alpha value is -1.96. The van der Waals surface area contributed by atoms with Gasteiger partial charge in [-0.05, 0) is 19.2 Å². The predicted octanol–water partition coefficient (Wildman–Crippen LogP) is 3.40. The molecule has 0 bridgehead atoms. The van der Waals surface area contributed by atoms with Gasteiger partial charge in [-0.3, -0.25) is 0 Å². The lowest BCUT2D eigenvalue weighted by Gasteiger charge is -2.05. The molecule has 0 aliphatic rings. The van der Waals surface area contributed by atoms with Crippen molar-refractivity contribution < 1.29 is 0 Å². The van der Waals surface area contributed by atoms with Crippen molar-refractivity contribution in [1.82, 2.24) is 9.97 Å². The lowest BCUT2D eigenvalue weighted by molar-refractivity contribution is 1.05. The summed E-state index contributed by atoms with van der Waals surface area (Å²) >= 11 is 0. The fourth-order valence-electron chi connectivity index (χ4n) is 2.16. The number of benzene rings is 2.